The predicted molar refractivity (Wildman–Crippen MR) is 90.4 cm³/mol. The Hall–Kier alpha value is -2.35. The SMILES string of the molecule is C=CCNC(=O)[C@H](C)OC(=O)c1ccc2c(c1)CCN2S(C)(=O)=O. The smallest absolute Gasteiger partial charge is 0.338 e. The maximum Gasteiger partial charge on any atom is 0.338 e. The molecular formula is C16H20N2O5S. The van der Waals surface area contributed by atoms with Gasteiger partial charge in [0.15, 0.2) is 6.10 Å². The number of ether oxygens (including phenoxy) is 1. The zero-order valence-electron chi connectivity index (χ0n) is 13.6. The first-order valence-electron chi connectivity index (χ1n) is 7.44. The molecule has 0 fully saturated rings. The molecule has 1 aliphatic rings. The number of nitrogens with zero attached hydrogens (tertiary/aromatic N) is 1. The van der Waals surface area contributed by atoms with Crippen molar-refractivity contribution >= 4 is 27.6 Å². The Morgan fingerprint density at radius 3 is 2.79 bits per heavy atom. The molecule has 1 N–H and O–H groups in total. The minimum absolute atomic E-state index is 0.285. The van der Waals surface area contributed by atoms with Crippen LogP contribution in [-0.2, 0) is 26.0 Å². The molecular weight excluding hydrogens is 332 g/mol. The van der Waals surface area contributed by atoms with Crippen LogP contribution in [0.1, 0.15) is 22.8 Å². The molecule has 0 saturated carbocycles. The number of fused-ring (bicyclic) bond motifs is 1. The summed E-state index contributed by atoms with van der Waals surface area (Å²) < 4.78 is 29.8. The highest BCUT2D eigenvalue weighted by molar-refractivity contribution is 7.92. The lowest BCUT2D eigenvalue weighted by atomic mass is 10.1. The summed E-state index contributed by atoms with van der Waals surface area (Å²) >= 11 is 0. The molecule has 24 heavy (non-hydrogen) atoms. The molecule has 0 saturated heterocycles. The van der Waals surface area contributed by atoms with Gasteiger partial charge in [-0.3, -0.25) is 9.10 Å². The second-order valence-corrected chi connectivity index (χ2v) is 7.42. The van der Waals surface area contributed by atoms with Crippen LogP contribution < -0.4 is 9.62 Å². The molecule has 1 heterocycles. The number of anilines is 1. The van der Waals surface area contributed by atoms with Gasteiger partial charge in [-0.15, -0.1) is 6.58 Å². The fraction of sp³-hybridized carbons (Fsp3) is 0.375. The second-order valence-electron chi connectivity index (χ2n) is 5.51. The van der Waals surface area contributed by atoms with E-state index < -0.39 is 28.0 Å². The van der Waals surface area contributed by atoms with Crippen molar-refractivity contribution < 1.29 is 22.7 Å². The molecule has 1 aliphatic heterocycles. The first kappa shape index (κ1) is 18.0. The van der Waals surface area contributed by atoms with E-state index in [1.165, 1.54) is 23.4 Å². The first-order valence-corrected chi connectivity index (χ1v) is 9.29. The summed E-state index contributed by atoms with van der Waals surface area (Å²) in [6, 6.07) is 4.69. The first-order chi connectivity index (χ1) is 11.2. The van der Waals surface area contributed by atoms with Crippen LogP contribution in [0.4, 0.5) is 5.69 Å². The summed E-state index contributed by atoms with van der Waals surface area (Å²) in [5, 5.41) is 2.55. The van der Waals surface area contributed by atoms with Crippen molar-refractivity contribution in [2.75, 3.05) is 23.7 Å². The Kier molecular flexibility index (Phi) is 5.28. The second kappa shape index (κ2) is 7.04. The third-order valence-corrected chi connectivity index (χ3v) is 4.82. The minimum atomic E-state index is -3.33. The van der Waals surface area contributed by atoms with Gasteiger partial charge in [0.2, 0.25) is 10.0 Å². The van der Waals surface area contributed by atoms with Gasteiger partial charge in [-0.05, 0) is 37.1 Å². The van der Waals surface area contributed by atoms with Crippen molar-refractivity contribution in [2.24, 2.45) is 0 Å². The fourth-order valence-corrected chi connectivity index (χ4v) is 3.40. The summed E-state index contributed by atoms with van der Waals surface area (Å²) in [5.74, 6) is -1.04. The van der Waals surface area contributed by atoms with E-state index in [1.807, 2.05) is 0 Å². The van der Waals surface area contributed by atoms with Crippen molar-refractivity contribution in [2.45, 2.75) is 19.4 Å². The molecule has 0 bridgehead atoms. The van der Waals surface area contributed by atoms with Gasteiger partial charge < -0.3 is 10.1 Å². The largest absolute Gasteiger partial charge is 0.449 e. The van der Waals surface area contributed by atoms with Gasteiger partial charge >= 0.3 is 5.97 Å². The van der Waals surface area contributed by atoms with Crippen LogP contribution in [0.2, 0.25) is 0 Å². The van der Waals surface area contributed by atoms with Crippen LogP contribution in [0.3, 0.4) is 0 Å². The van der Waals surface area contributed by atoms with Gasteiger partial charge in [-0.1, -0.05) is 6.08 Å². The molecule has 1 amide bonds. The number of sulfonamides is 1. The van der Waals surface area contributed by atoms with Crippen LogP contribution in [0.15, 0.2) is 30.9 Å². The number of carbonyl (C=O) groups excluding carboxylic acids is 2. The maximum absolute atomic E-state index is 12.2. The number of nitrogens with one attached hydrogen (secondary N) is 1. The number of rotatable bonds is 6. The molecule has 0 aromatic heterocycles. The zero-order valence-corrected chi connectivity index (χ0v) is 14.4. The maximum atomic E-state index is 12.2. The lowest BCUT2D eigenvalue weighted by Crippen LogP contribution is -2.35. The van der Waals surface area contributed by atoms with Crippen LogP contribution in [0.25, 0.3) is 0 Å². The van der Waals surface area contributed by atoms with Crippen LogP contribution in [-0.4, -0.2) is 45.7 Å². The Morgan fingerprint density at radius 2 is 2.17 bits per heavy atom. The van der Waals surface area contributed by atoms with Crippen LogP contribution >= 0.6 is 0 Å². The third kappa shape index (κ3) is 3.94. The van der Waals surface area contributed by atoms with E-state index >= 15 is 0 Å². The van der Waals surface area contributed by atoms with E-state index in [0.717, 1.165) is 11.8 Å². The molecule has 1 atom stereocenters. The number of amides is 1. The van der Waals surface area contributed by atoms with Gasteiger partial charge in [0.1, 0.15) is 0 Å². The topological polar surface area (TPSA) is 92.8 Å². The minimum Gasteiger partial charge on any atom is -0.449 e. The normalized spacial score (nSPS) is 14.7. The highest BCUT2D eigenvalue weighted by Crippen LogP contribution is 2.30. The van der Waals surface area contributed by atoms with Crippen molar-refractivity contribution in [3.8, 4) is 0 Å². The van der Waals surface area contributed by atoms with Gasteiger partial charge in [-0.2, -0.15) is 0 Å². The molecule has 0 radical (unpaired) electrons. The van der Waals surface area contributed by atoms with E-state index in [9.17, 15) is 18.0 Å². The molecule has 0 spiro atoms. The van der Waals surface area contributed by atoms with Gasteiger partial charge in [0.05, 0.1) is 17.5 Å². The van der Waals surface area contributed by atoms with E-state index in [4.69, 9.17) is 4.74 Å². The van der Waals surface area contributed by atoms with Gasteiger partial charge in [0.25, 0.3) is 5.91 Å². The molecule has 130 valence electrons. The summed E-state index contributed by atoms with van der Waals surface area (Å²) in [6.45, 7) is 5.62. The molecule has 0 aliphatic carbocycles. The Morgan fingerprint density at radius 1 is 1.46 bits per heavy atom. The highest BCUT2D eigenvalue weighted by Gasteiger charge is 2.27. The lowest BCUT2D eigenvalue weighted by Gasteiger charge is -2.17. The predicted octanol–water partition coefficient (Wildman–Crippen LogP) is 0.856. The molecule has 8 heteroatoms. The average molecular weight is 352 g/mol. The zero-order chi connectivity index (χ0) is 17.9. The number of hydrogen-bond acceptors (Lipinski definition) is 5. The number of hydrogen-bond donors (Lipinski definition) is 1. The van der Waals surface area contributed by atoms with Gasteiger partial charge in [0, 0.05) is 13.1 Å². The van der Waals surface area contributed by atoms with E-state index in [2.05, 4.69) is 11.9 Å². The number of esters is 1. The van der Waals surface area contributed by atoms with E-state index in [0.29, 0.717) is 25.2 Å². The summed E-state index contributed by atoms with van der Waals surface area (Å²) in [5.41, 5.74) is 1.62. The molecule has 2 rings (SSSR count). The Bertz CT molecular complexity index is 773. The summed E-state index contributed by atoms with van der Waals surface area (Å²) in [6.07, 6.45) is 2.27. The standard InChI is InChI=1S/C16H20N2O5S/c1-4-8-17-15(19)11(2)23-16(20)13-5-6-14-12(10-13)7-9-18(14)24(3,21)22/h4-6,10-11H,1,7-9H2,2-3H3,(H,17,19)/t11-/m0/s1. The Labute approximate surface area is 141 Å². The molecule has 0 unspecified atom stereocenters. The number of carbonyl (C=O) groups is 2. The summed E-state index contributed by atoms with van der Waals surface area (Å²) in [4.78, 5) is 23.9. The number of benzene rings is 1. The molecule has 1 aromatic carbocycles. The highest BCUT2D eigenvalue weighted by atomic mass is 32.2. The van der Waals surface area contributed by atoms with Crippen molar-refractivity contribution in [3.63, 3.8) is 0 Å². The van der Waals surface area contributed by atoms with Crippen molar-refractivity contribution in [1.29, 1.82) is 0 Å². The van der Waals surface area contributed by atoms with Gasteiger partial charge in [-0.25, -0.2) is 13.2 Å². The molecule has 1 aromatic rings. The van der Waals surface area contributed by atoms with Crippen molar-refractivity contribution in [3.05, 3.63) is 42.0 Å². The average Bonchev–Trinajstić information content (AvgIpc) is 2.95. The summed E-state index contributed by atoms with van der Waals surface area (Å²) in [7, 11) is -3.33. The van der Waals surface area contributed by atoms with E-state index in [-0.39, 0.29) is 5.56 Å². The quantitative estimate of drug-likeness (QED) is 0.605. The fourth-order valence-electron chi connectivity index (χ4n) is 2.44. The van der Waals surface area contributed by atoms with E-state index in [1.54, 1.807) is 12.1 Å². The Balaban J connectivity index is 2.10. The van der Waals surface area contributed by atoms with Crippen LogP contribution in [0.5, 0.6) is 0 Å². The molecule has 7 nitrogen and oxygen atoms in total. The van der Waals surface area contributed by atoms with Crippen LogP contribution in [0, 0.1) is 0 Å². The van der Waals surface area contributed by atoms with Crippen molar-refractivity contribution in [1.82, 2.24) is 5.32 Å². The third-order valence-electron chi connectivity index (χ3n) is 3.64. The lowest BCUT2D eigenvalue weighted by molar-refractivity contribution is -0.128. The monoisotopic (exact) mass is 352 g/mol.